The van der Waals surface area contributed by atoms with E-state index >= 15 is 4.39 Å². The minimum Gasteiger partial charge on any atom is -0.505 e. The summed E-state index contributed by atoms with van der Waals surface area (Å²) in [6, 6.07) is 11.1. The van der Waals surface area contributed by atoms with E-state index in [0.717, 1.165) is 12.8 Å². The monoisotopic (exact) mass is 435 g/mol. The van der Waals surface area contributed by atoms with Crippen LogP contribution in [0.25, 0.3) is 0 Å². The molecule has 0 saturated carbocycles. The van der Waals surface area contributed by atoms with E-state index in [1.807, 2.05) is 18.2 Å². The van der Waals surface area contributed by atoms with Crippen molar-refractivity contribution in [1.82, 2.24) is 10.0 Å². The number of hydrogen-bond acceptors (Lipinski definition) is 6. The number of nitrogens with zero attached hydrogens (tertiary/aromatic N) is 1. The minimum absolute atomic E-state index is 0.157. The Morgan fingerprint density at radius 1 is 1.30 bits per heavy atom. The summed E-state index contributed by atoms with van der Waals surface area (Å²) >= 11 is 0. The normalized spacial score (nSPS) is 19.8. The molecule has 0 unspecified atom stereocenters. The predicted molar refractivity (Wildman–Crippen MR) is 108 cm³/mol. The molecule has 10 heteroatoms. The second-order valence-corrected chi connectivity index (χ2v) is 8.92. The fraction of sp³-hybridized carbons (Fsp3) is 0.350. The summed E-state index contributed by atoms with van der Waals surface area (Å²) in [6.45, 7) is 0.427. The Morgan fingerprint density at radius 2 is 2.07 bits per heavy atom. The van der Waals surface area contributed by atoms with E-state index in [2.05, 4.69) is 17.4 Å². The van der Waals surface area contributed by atoms with E-state index in [1.165, 1.54) is 11.6 Å². The first-order valence-corrected chi connectivity index (χ1v) is 11.1. The lowest BCUT2D eigenvalue weighted by atomic mass is 10.00. The zero-order valence-electron chi connectivity index (χ0n) is 16.1. The van der Waals surface area contributed by atoms with Gasteiger partial charge in [-0.15, -0.1) is 0 Å². The van der Waals surface area contributed by atoms with Gasteiger partial charge in [0, 0.05) is 17.7 Å². The van der Waals surface area contributed by atoms with Crippen molar-refractivity contribution in [2.24, 2.45) is 0 Å². The van der Waals surface area contributed by atoms with Gasteiger partial charge in [-0.1, -0.05) is 30.3 Å². The Bertz CT molecular complexity index is 1060. The molecular formula is C20H22FN3O5S. The molecule has 160 valence electrons. The maximum Gasteiger partial charge on any atom is 0.326 e. The number of anilines is 1. The highest BCUT2D eigenvalue weighted by Gasteiger charge is 2.39. The summed E-state index contributed by atoms with van der Waals surface area (Å²) in [4.78, 5) is 11.5. The zero-order valence-corrected chi connectivity index (χ0v) is 16.9. The molecule has 0 spiro atoms. The van der Waals surface area contributed by atoms with Crippen LogP contribution in [0.5, 0.6) is 11.5 Å². The van der Waals surface area contributed by atoms with Crippen molar-refractivity contribution < 1.29 is 27.4 Å². The zero-order chi connectivity index (χ0) is 21.3. The van der Waals surface area contributed by atoms with Gasteiger partial charge in [-0.2, -0.15) is 8.42 Å². The van der Waals surface area contributed by atoms with Gasteiger partial charge in [0.15, 0.2) is 5.82 Å². The fourth-order valence-corrected chi connectivity index (χ4v) is 4.88. The number of aryl methyl sites for hydroxylation is 1. The molecule has 2 aliphatic rings. The molecule has 1 saturated heterocycles. The molecule has 2 aliphatic heterocycles. The van der Waals surface area contributed by atoms with Gasteiger partial charge in [0.05, 0.1) is 0 Å². The van der Waals surface area contributed by atoms with Crippen LogP contribution < -0.4 is 19.1 Å². The van der Waals surface area contributed by atoms with Crippen molar-refractivity contribution in [3.63, 3.8) is 0 Å². The van der Waals surface area contributed by atoms with E-state index in [4.69, 9.17) is 4.74 Å². The third-order valence-corrected chi connectivity index (χ3v) is 6.54. The number of ether oxygens (including phenoxy) is 1. The van der Waals surface area contributed by atoms with E-state index in [9.17, 15) is 18.3 Å². The van der Waals surface area contributed by atoms with Gasteiger partial charge in [0.1, 0.15) is 30.3 Å². The molecule has 1 fully saturated rings. The number of rotatable bonds is 6. The van der Waals surface area contributed by atoms with Gasteiger partial charge in [-0.25, -0.2) is 13.4 Å². The highest BCUT2D eigenvalue weighted by molar-refractivity contribution is 7.92. The number of nitrogens with one attached hydrogen (secondary N) is 2. The van der Waals surface area contributed by atoms with Gasteiger partial charge in [0.25, 0.3) is 5.91 Å². The average molecular weight is 435 g/mol. The van der Waals surface area contributed by atoms with Crippen molar-refractivity contribution in [2.75, 3.05) is 24.0 Å². The number of carbonyl (C=O) groups is 1. The van der Waals surface area contributed by atoms with Crippen molar-refractivity contribution in [3.05, 3.63) is 53.3 Å². The highest BCUT2D eigenvalue weighted by atomic mass is 32.2. The van der Waals surface area contributed by atoms with Crippen LogP contribution >= 0.6 is 0 Å². The second-order valence-electron chi connectivity index (χ2n) is 7.33. The molecule has 0 radical (unpaired) electrons. The van der Waals surface area contributed by atoms with E-state index < -0.39 is 39.9 Å². The first kappa shape index (κ1) is 20.4. The topological polar surface area (TPSA) is 108 Å². The van der Waals surface area contributed by atoms with Crippen LogP contribution in [0.4, 0.5) is 10.1 Å². The third kappa shape index (κ3) is 4.05. The molecule has 2 aromatic carbocycles. The highest BCUT2D eigenvalue weighted by Crippen LogP contribution is 2.41. The van der Waals surface area contributed by atoms with Gasteiger partial charge >= 0.3 is 10.2 Å². The maximum absolute atomic E-state index is 15.2. The van der Waals surface area contributed by atoms with Crippen LogP contribution in [0.1, 0.15) is 17.5 Å². The number of phenolic OH excluding ortho intramolecular Hbond substituents is 1. The van der Waals surface area contributed by atoms with Crippen LogP contribution in [0, 0.1) is 5.82 Å². The van der Waals surface area contributed by atoms with Crippen molar-refractivity contribution in [2.45, 2.75) is 25.3 Å². The van der Waals surface area contributed by atoms with E-state index in [-0.39, 0.29) is 23.8 Å². The molecule has 2 aromatic rings. The molecule has 2 heterocycles. The SMILES string of the molecule is O=C1CN(c2c(O)cc3c(c2F)C[C@H](NCCCc2ccccc2)CO3)S(=O)(=O)N1. The van der Waals surface area contributed by atoms with Gasteiger partial charge in [-0.05, 0) is 31.4 Å². The molecule has 0 bridgehead atoms. The lowest BCUT2D eigenvalue weighted by Crippen LogP contribution is -2.40. The summed E-state index contributed by atoms with van der Waals surface area (Å²) in [7, 11) is -4.24. The summed E-state index contributed by atoms with van der Waals surface area (Å²) < 4.78 is 47.3. The predicted octanol–water partition coefficient (Wildman–Crippen LogP) is 1.24. The van der Waals surface area contributed by atoms with Crippen LogP contribution in [0.3, 0.4) is 0 Å². The van der Waals surface area contributed by atoms with Gasteiger partial charge in [0.2, 0.25) is 0 Å². The number of phenols is 1. The van der Waals surface area contributed by atoms with Crippen molar-refractivity contribution in [3.8, 4) is 11.5 Å². The molecule has 8 nitrogen and oxygen atoms in total. The summed E-state index contributed by atoms with van der Waals surface area (Å²) in [5.41, 5.74) is 0.871. The number of carbonyl (C=O) groups excluding carboxylic acids is 1. The Balaban J connectivity index is 1.46. The third-order valence-electron chi connectivity index (χ3n) is 5.16. The number of hydrogen-bond donors (Lipinski definition) is 3. The number of aromatic hydroxyl groups is 1. The smallest absolute Gasteiger partial charge is 0.326 e. The second kappa shape index (κ2) is 8.11. The Morgan fingerprint density at radius 3 is 2.77 bits per heavy atom. The average Bonchev–Trinajstić information content (AvgIpc) is 2.98. The molecule has 0 aromatic heterocycles. The number of benzene rings is 2. The van der Waals surface area contributed by atoms with Crippen LogP contribution in [0.15, 0.2) is 36.4 Å². The number of halogens is 1. The Hall–Kier alpha value is -2.85. The van der Waals surface area contributed by atoms with E-state index in [1.54, 1.807) is 4.72 Å². The molecule has 1 atom stereocenters. The maximum atomic E-state index is 15.2. The lowest BCUT2D eigenvalue weighted by molar-refractivity contribution is -0.117. The van der Waals surface area contributed by atoms with Crippen LogP contribution in [0.2, 0.25) is 0 Å². The largest absolute Gasteiger partial charge is 0.505 e. The Labute approximate surface area is 173 Å². The van der Waals surface area contributed by atoms with E-state index in [0.29, 0.717) is 17.5 Å². The first-order chi connectivity index (χ1) is 14.3. The summed E-state index contributed by atoms with van der Waals surface area (Å²) in [5.74, 6) is -2.12. The lowest BCUT2D eigenvalue weighted by Gasteiger charge is -2.28. The number of amides is 1. The number of fused-ring (bicyclic) bond motifs is 1. The molecular weight excluding hydrogens is 413 g/mol. The van der Waals surface area contributed by atoms with Crippen molar-refractivity contribution in [1.29, 1.82) is 0 Å². The molecule has 4 rings (SSSR count). The van der Waals surface area contributed by atoms with Crippen LogP contribution in [-0.2, 0) is 27.8 Å². The van der Waals surface area contributed by atoms with Crippen LogP contribution in [-0.4, -0.2) is 45.2 Å². The first-order valence-electron chi connectivity index (χ1n) is 9.63. The van der Waals surface area contributed by atoms with Gasteiger partial charge in [-0.3, -0.25) is 4.79 Å². The molecule has 1 amide bonds. The fourth-order valence-electron chi connectivity index (χ4n) is 3.72. The molecule has 0 aliphatic carbocycles. The summed E-state index contributed by atoms with van der Waals surface area (Å²) in [5, 5.41) is 13.5. The molecule has 3 N–H and O–H groups in total. The quantitative estimate of drug-likeness (QED) is 0.590. The van der Waals surface area contributed by atoms with Gasteiger partial charge < -0.3 is 15.2 Å². The summed E-state index contributed by atoms with van der Waals surface area (Å²) in [6.07, 6.45) is 2.09. The Kier molecular flexibility index (Phi) is 5.52. The minimum atomic E-state index is -4.24. The standard InChI is InChI=1S/C20H22FN3O5S/c21-19-15-9-14(22-8-4-7-13-5-2-1-3-6-13)12-29-17(15)10-16(25)20(19)24-11-18(26)23-30(24,27)28/h1-3,5-6,10,14,22,25H,4,7-9,11-12H2,(H,23,26)/t14-/m0/s1. The molecule has 30 heavy (non-hydrogen) atoms. The van der Waals surface area contributed by atoms with Crippen molar-refractivity contribution >= 4 is 21.8 Å².